The highest BCUT2D eigenvalue weighted by Crippen LogP contribution is 2.52. The number of hydrogen-bond donors (Lipinski definition) is 0. The number of benzene rings is 3. The summed E-state index contributed by atoms with van der Waals surface area (Å²) >= 11 is 0. The smallest absolute Gasteiger partial charge is 0.493 e. The number of aromatic nitrogens is 1. The molecule has 0 amide bonds. The first-order valence-electron chi connectivity index (χ1n) is 11.8. The quantitative estimate of drug-likeness (QED) is 0.295. The molecule has 0 N–H and O–H groups in total. The van der Waals surface area contributed by atoms with Crippen LogP contribution < -0.4 is 14.2 Å². The van der Waals surface area contributed by atoms with Crippen molar-refractivity contribution in [2.75, 3.05) is 20.8 Å². The van der Waals surface area contributed by atoms with E-state index < -0.39 is 6.16 Å². The zero-order valence-corrected chi connectivity index (χ0v) is 20.7. The molecule has 0 saturated heterocycles. The van der Waals surface area contributed by atoms with Crippen LogP contribution in [0.25, 0.3) is 33.2 Å². The summed E-state index contributed by atoms with van der Waals surface area (Å²) < 4.78 is 24.6. The lowest BCUT2D eigenvalue weighted by Crippen LogP contribution is -2.18. The van der Waals surface area contributed by atoms with Gasteiger partial charge in [0.05, 0.1) is 26.5 Å². The highest BCUT2D eigenvalue weighted by Gasteiger charge is 2.34. The summed E-state index contributed by atoms with van der Waals surface area (Å²) in [5, 5.41) is 2.21. The highest BCUT2D eigenvalue weighted by atomic mass is 16.7. The lowest BCUT2D eigenvalue weighted by Gasteiger charge is -2.28. The minimum atomic E-state index is -0.720. The van der Waals surface area contributed by atoms with Crippen molar-refractivity contribution >= 4 is 16.9 Å². The maximum absolute atomic E-state index is 12.7. The zero-order valence-electron chi connectivity index (χ0n) is 20.7. The molecule has 1 aliphatic rings. The first-order valence-corrected chi connectivity index (χ1v) is 11.8. The molecule has 1 aromatic heterocycles. The third-order valence-electron chi connectivity index (χ3n) is 6.73. The molecule has 0 saturated carbocycles. The van der Waals surface area contributed by atoms with E-state index in [9.17, 15) is 4.79 Å². The predicted molar refractivity (Wildman–Crippen MR) is 137 cm³/mol. The molecule has 1 atom stereocenters. The van der Waals surface area contributed by atoms with E-state index in [2.05, 4.69) is 42.7 Å². The maximum atomic E-state index is 12.7. The molecule has 3 aromatic carbocycles. The monoisotopic (exact) mass is 471 g/mol. The Morgan fingerprint density at radius 1 is 1.00 bits per heavy atom. The van der Waals surface area contributed by atoms with E-state index in [1.165, 1.54) is 0 Å². The minimum Gasteiger partial charge on any atom is -0.493 e. The van der Waals surface area contributed by atoms with Gasteiger partial charge in [0.15, 0.2) is 17.2 Å². The Labute approximate surface area is 205 Å². The minimum absolute atomic E-state index is 0.142. The summed E-state index contributed by atoms with van der Waals surface area (Å²) in [6.45, 7) is 6.26. The fourth-order valence-electron chi connectivity index (χ4n) is 5.29. The fraction of sp³-hybridized carbons (Fsp3) is 0.276. The molecule has 0 bridgehead atoms. The number of nitrogens with zero attached hydrogens (tertiary/aromatic N) is 1. The van der Waals surface area contributed by atoms with Gasteiger partial charge in [-0.2, -0.15) is 0 Å². The molecule has 2 heterocycles. The zero-order chi connectivity index (χ0) is 24.7. The van der Waals surface area contributed by atoms with Crippen LogP contribution >= 0.6 is 0 Å². The Hall–Kier alpha value is -3.93. The van der Waals surface area contributed by atoms with Gasteiger partial charge in [-0.15, -0.1) is 0 Å². The van der Waals surface area contributed by atoms with Crippen molar-refractivity contribution in [3.63, 3.8) is 0 Å². The molecule has 5 rings (SSSR count). The number of ether oxygens (including phenoxy) is 4. The van der Waals surface area contributed by atoms with E-state index in [1.54, 1.807) is 21.1 Å². The molecule has 0 fully saturated rings. The third-order valence-corrected chi connectivity index (χ3v) is 6.73. The number of carbonyl (C=O) groups is 1. The Kier molecular flexibility index (Phi) is 5.89. The molecule has 180 valence electrons. The van der Waals surface area contributed by atoms with Crippen molar-refractivity contribution in [2.24, 2.45) is 0 Å². The van der Waals surface area contributed by atoms with Crippen molar-refractivity contribution in [3.8, 4) is 39.6 Å². The van der Waals surface area contributed by atoms with Gasteiger partial charge in [0.25, 0.3) is 0 Å². The van der Waals surface area contributed by atoms with E-state index >= 15 is 0 Å². The third kappa shape index (κ3) is 3.70. The molecule has 4 aromatic rings. The van der Waals surface area contributed by atoms with Gasteiger partial charge in [0, 0.05) is 22.9 Å². The topological polar surface area (TPSA) is 58.9 Å². The summed E-state index contributed by atoms with van der Waals surface area (Å²) in [5.41, 5.74) is 5.83. The van der Waals surface area contributed by atoms with Crippen molar-refractivity contribution in [1.82, 2.24) is 4.57 Å². The van der Waals surface area contributed by atoms with Gasteiger partial charge in [-0.25, -0.2) is 4.79 Å². The van der Waals surface area contributed by atoms with E-state index in [0.29, 0.717) is 17.2 Å². The van der Waals surface area contributed by atoms with E-state index in [-0.39, 0.29) is 12.6 Å². The van der Waals surface area contributed by atoms with E-state index in [0.717, 1.165) is 50.8 Å². The van der Waals surface area contributed by atoms with Crippen molar-refractivity contribution in [1.29, 1.82) is 0 Å². The van der Waals surface area contributed by atoms with Crippen LogP contribution in [-0.2, 0) is 11.2 Å². The Bertz CT molecular complexity index is 1430. The number of fused-ring (bicyclic) bond motifs is 4. The van der Waals surface area contributed by atoms with Crippen LogP contribution in [0.2, 0.25) is 0 Å². The molecular weight excluding hydrogens is 442 g/mol. The van der Waals surface area contributed by atoms with Gasteiger partial charge in [0.1, 0.15) is 0 Å². The summed E-state index contributed by atoms with van der Waals surface area (Å²) in [4.78, 5) is 12.7. The largest absolute Gasteiger partial charge is 0.513 e. The van der Waals surface area contributed by atoms with Gasteiger partial charge >= 0.3 is 6.16 Å². The second-order valence-electron chi connectivity index (χ2n) is 8.74. The Morgan fingerprint density at radius 3 is 2.46 bits per heavy atom. The molecular formula is C29H29NO5. The second-order valence-corrected chi connectivity index (χ2v) is 8.74. The average Bonchev–Trinajstić information content (AvgIpc) is 3.15. The summed E-state index contributed by atoms with van der Waals surface area (Å²) in [5.74, 6) is 1.80. The molecule has 0 radical (unpaired) electrons. The van der Waals surface area contributed by atoms with Crippen LogP contribution in [0, 0.1) is 6.92 Å². The van der Waals surface area contributed by atoms with Crippen LogP contribution in [-0.4, -0.2) is 31.5 Å². The molecule has 1 aliphatic heterocycles. The molecule has 1 unspecified atom stereocenters. The Morgan fingerprint density at radius 2 is 1.71 bits per heavy atom. The molecule has 0 aliphatic carbocycles. The van der Waals surface area contributed by atoms with Gasteiger partial charge in [-0.05, 0) is 61.2 Å². The van der Waals surface area contributed by atoms with Crippen LogP contribution in [0.5, 0.6) is 17.2 Å². The molecule has 0 spiro atoms. The van der Waals surface area contributed by atoms with Gasteiger partial charge < -0.3 is 23.5 Å². The van der Waals surface area contributed by atoms with Crippen LogP contribution in [0.3, 0.4) is 0 Å². The lowest BCUT2D eigenvalue weighted by atomic mass is 9.93. The first kappa shape index (κ1) is 22.8. The van der Waals surface area contributed by atoms with Crippen molar-refractivity contribution in [2.45, 2.75) is 33.2 Å². The summed E-state index contributed by atoms with van der Waals surface area (Å²) in [7, 11) is 3.26. The predicted octanol–water partition coefficient (Wildman–Crippen LogP) is 6.95. The number of methoxy groups -OCH3 is 2. The summed E-state index contributed by atoms with van der Waals surface area (Å²) in [6, 6.07) is 18.6. The van der Waals surface area contributed by atoms with Crippen LogP contribution in [0.15, 0.2) is 54.6 Å². The standard InChI is InChI=1S/C29H29NO5/c1-6-34-29(31)35-28-26(22-13-9-11-19-10-7-8-12-21(19)22)18(3)30-17(2)14-20-15-24(32-4)25(33-5)16-23(20)27(28)30/h7-13,15-17H,6,14H2,1-5H3. The molecule has 35 heavy (non-hydrogen) atoms. The Balaban J connectivity index is 1.85. The summed E-state index contributed by atoms with van der Waals surface area (Å²) in [6.07, 6.45) is 0.0918. The van der Waals surface area contributed by atoms with Crippen molar-refractivity contribution in [3.05, 3.63) is 65.9 Å². The van der Waals surface area contributed by atoms with Gasteiger partial charge in [0.2, 0.25) is 0 Å². The van der Waals surface area contributed by atoms with Gasteiger partial charge in [-0.3, -0.25) is 0 Å². The van der Waals surface area contributed by atoms with Crippen molar-refractivity contribution < 1.29 is 23.7 Å². The fourth-order valence-corrected chi connectivity index (χ4v) is 5.29. The van der Waals surface area contributed by atoms with E-state index in [4.69, 9.17) is 18.9 Å². The van der Waals surface area contributed by atoms with E-state index in [1.807, 2.05) is 30.3 Å². The normalized spacial score (nSPS) is 14.3. The van der Waals surface area contributed by atoms with Crippen LogP contribution in [0.1, 0.15) is 31.1 Å². The SMILES string of the molecule is CCOC(=O)Oc1c(-c2cccc3ccccc23)c(C)n2c1-c1cc(OC)c(OC)cc1CC2C. The number of carbonyl (C=O) groups excluding carboxylic acids is 1. The van der Waals surface area contributed by atoms with Gasteiger partial charge in [-0.1, -0.05) is 42.5 Å². The molecule has 6 nitrogen and oxygen atoms in total. The maximum Gasteiger partial charge on any atom is 0.513 e. The van der Waals surface area contributed by atoms with Crippen LogP contribution in [0.4, 0.5) is 4.79 Å². The highest BCUT2D eigenvalue weighted by molar-refractivity contribution is 6.01. The first-order chi connectivity index (χ1) is 17.0. The number of hydrogen-bond acceptors (Lipinski definition) is 5. The average molecular weight is 472 g/mol. The molecule has 6 heteroatoms. The second kappa shape index (κ2) is 9.02. The number of rotatable bonds is 5. The lowest BCUT2D eigenvalue weighted by molar-refractivity contribution is 0.104.